The summed E-state index contributed by atoms with van der Waals surface area (Å²) in [6, 6.07) is 0. The zero-order valence-electron chi connectivity index (χ0n) is 14.5. The van der Waals surface area contributed by atoms with Gasteiger partial charge in [-0.25, -0.2) is 0 Å². The molecule has 0 aromatic carbocycles. The van der Waals surface area contributed by atoms with Crippen molar-refractivity contribution < 1.29 is 29.2 Å². The summed E-state index contributed by atoms with van der Waals surface area (Å²) in [7, 11) is 0. The molecule has 0 unspecified atom stereocenters. The van der Waals surface area contributed by atoms with E-state index in [1.807, 2.05) is 6.92 Å². The van der Waals surface area contributed by atoms with Gasteiger partial charge in [-0.15, -0.1) is 0 Å². The Morgan fingerprint density at radius 3 is 2.00 bits per heavy atom. The van der Waals surface area contributed by atoms with Gasteiger partial charge in [0.1, 0.15) is 6.73 Å². The second-order valence-electron chi connectivity index (χ2n) is 4.51. The molecular formula is C15H31N3O6. The highest BCUT2D eigenvalue weighted by atomic mass is 16.5. The van der Waals surface area contributed by atoms with Crippen LogP contribution < -0.4 is 5.73 Å². The van der Waals surface area contributed by atoms with E-state index in [1.54, 1.807) is 0 Å². The van der Waals surface area contributed by atoms with Gasteiger partial charge in [-0.2, -0.15) is 0 Å². The van der Waals surface area contributed by atoms with Crippen molar-refractivity contribution in [1.29, 1.82) is 0 Å². The molecule has 0 spiro atoms. The molecule has 0 aliphatic rings. The largest absolute Gasteiger partial charge is 0.394 e. The fourth-order valence-corrected chi connectivity index (χ4v) is 1.57. The maximum absolute atomic E-state index is 8.84. The van der Waals surface area contributed by atoms with Gasteiger partial charge in [0.15, 0.2) is 0 Å². The Labute approximate surface area is 143 Å². The van der Waals surface area contributed by atoms with Crippen LogP contribution in [-0.4, -0.2) is 101 Å². The van der Waals surface area contributed by atoms with Gasteiger partial charge < -0.3 is 34.9 Å². The van der Waals surface area contributed by atoms with E-state index >= 15 is 0 Å². The van der Waals surface area contributed by atoms with Crippen LogP contribution in [0.4, 0.5) is 0 Å². The first-order valence-corrected chi connectivity index (χ1v) is 8.09. The predicted molar refractivity (Wildman–Crippen MR) is 91.9 cm³/mol. The van der Waals surface area contributed by atoms with Crippen molar-refractivity contribution in [3.8, 4) is 0 Å². The summed E-state index contributed by atoms with van der Waals surface area (Å²) in [6.45, 7) is 5.11. The summed E-state index contributed by atoms with van der Waals surface area (Å²) < 4.78 is 21.2. The molecular weight excluding hydrogens is 318 g/mol. The van der Waals surface area contributed by atoms with E-state index < -0.39 is 0 Å². The first-order chi connectivity index (χ1) is 11.8. The number of rotatable bonds is 17. The summed E-state index contributed by atoms with van der Waals surface area (Å²) in [5.41, 5.74) is 6.56. The van der Waals surface area contributed by atoms with Crippen LogP contribution in [-0.2, 0) is 18.9 Å². The summed E-state index contributed by atoms with van der Waals surface area (Å²) in [5.74, 6) is 0. The standard InChI is InChI=1S/C15H31N3O6/c1-2-21-8-4-17-14(11-22-9-5-19)15(12-23-10-6-20)18-13-24-7-3-16/h19-20H,2-13,16H2,1H3. The Morgan fingerprint density at radius 2 is 1.46 bits per heavy atom. The molecule has 142 valence electrons. The van der Waals surface area contributed by atoms with Gasteiger partial charge in [0.05, 0.1) is 70.8 Å². The number of hydrogen-bond acceptors (Lipinski definition) is 9. The summed E-state index contributed by atoms with van der Waals surface area (Å²) in [6.07, 6.45) is 0. The fourth-order valence-electron chi connectivity index (χ4n) is 1.57. The highest BCUT2D eigenvalue weighted by molar-refractivity contribution is 6.43. The molecule has 0 saturated heterocycles. The average Bonchev–Trinajstić information content (AvgIpc) is 2.59. The molecule has 0 bridgehead atoms. The van der Waals surface area contributed by atoms with Crippen LogP contribution in [0, 0.1) is 0 Å². The van der Waals surface area contributed by atoms with Crippen molar-refractivity contribution in [2.45, 2.75) is 6.92 Å². The molecule has 0 aromatic rings. The van der Waals surface area contributed by atoms with Crippen LogP contribution in [0.2, 0.25) is 0 Å². The van der Waals surface area contributed by atoms with E-state index in [9.17, 15) is 0 Å². The van der Waals surface area contributed by atoms with Crippen LogP contribution >= 0.6 is 0 Å². The van der Waals surface area contributed by atoms with Gasteiger partial charge in [-0.05, 0) is 6.92 Å². The van der Waals surface area contributed by atoms with Crippen molar-refractivity contribution in [1.82, 2.24) is 0 Å². The third-order valence-corrected chi connectivity index (χ3v) is 2.63. The smallest absolute Gasteiger partial charge is 0.137 e. The van der Waals surface area contributed by atoms with Gasteiger partial charge >= 0.3 is 0 Å². The average molecular weight is 349 g/mol. The van der Waals surface area contributed by atoms with Crippen molar-refractivity contribution >= 4 is 11.4 Å². The minimum atomic E-state index is -0.0746. The molecule has 9 nitrogen and oxygen atoms in total. The Bertz CT molecular complexity index is 307. The lowest BCUT2D eigenvalue weighted by atomic mass is 10.2. The minimum absolute atomic E-state index is 0.0701. The molecule has 0 rings (SSSR count). The van der Waals surface area contributed by atoms with Gasteiger partial charge in [0.2, 0.25) is 0 Å². The van der Waals surface area contributed by atoms with Gasteiger partial charge in [-0.3, -0.25) is 9.98 Å². The quantitative estimate of drug-likeness (QED) is 0.223. The molecule has 0 amide bonds. The molecule has 24 heavy (non-hydrogen) atoms. The predicted octanol–water partition coefficient (Wildman–Crippen LogP) is -1.14. The second kappa shape index (κ2) is 18.4. The number of aliphatic hydroxyl groups is 2. The Hall–Kier alpha value is -0.940. The van der Waals surface area contributed by atoms with E-state index in [2.05, 4.69) is 9.98 Å². The summed E-state index contributed by atoms with van der Waals surface area (Å²) in [5, 5.41) is 17.7. The van der Waals surface area contributed by atoms with E-state index in [-0.39, 0.29) is 46.4 Å². The molecule has 0 aromatic heterocycles. The fraction of sp³-hybridized carbons (Fsp3) is 0.867. The lowest BCUT2D eigenvalue weighted by Gasteiger charge is -2.12. The number of ether oxygens (including phenoxy) is 4. The maximum Gasteiger partial charge on any atom is 0.137 e. The zero-order chi connectivity index (χ0) is 17.9. The molecule has 9 heteroatoms. The van der Waals surface area contributed by atoms with Crippen LogP contribution in [0.15, 0.2) is 9.98 Å². The van der Waals surface area contributed by atoms with Crippen molar-refractivity contribution in [3.05, 3.63) is 0 Å². The number of nitrogens with zero attached hydrogens (tertiary/aromatic N) is 2. The molecule has 0 heterocycles. The first-order valence-electron chi connectivity index (χ1n) is 8.09. The molecule has 0 aliphatic carbocycles. The molecule has 4 N–H and O–H groups in total. The molecule has 0 aliphatic heterocycles. The SMILES string of the molecule is CCOCCN=C(COCCO)C(COCCO)=NCOCCN. The topological polar surface area (TPSA) is 128 Å². The van der Waals surface area contributed by atoms with Crippen molar-refractivity contribution in [3.63, 3.8) is 0 Å². The number of aliphatic imine (C=N–C) groups is 2. The minimum Gasteiger partial charge on any atom is -0.394 e. The van der Waals surface area contributed by atoms with Crippen LogP contribution in [0.25, 0.3) is 0 Å². The molecule has 0 saturated carbocycles. The first kappa shape index (κ1) is 23.1. The Balaban J connectivity index is 4.82. The van der Waals surface area contributed by atoms with Gasteiger partial charge in [0, 0.05) is 13.2 Å². The number of aliphatic hydroxyl groups excluding tert-OH is 2. The van der Waals surface area contributed by atoms with E-state index in [0.717, 1.165) is 0 Å². The summed E-state index contributed by atoms with van der Waals surface area (Å²) in [4.78, 5) is 8.77. The zero-order valence-corrected chi connectivity index (χ0v) is 14.5. The van der Waals surface area contributed by atoms with Gasteiger partial charge in [-0.1, -0.05) is 0 Å². The maximum atomic E-state index is 8.84. The highest BCUT2D eigenvalue weighted by Crippen LogP contribution is 1.94. The van der Waals surface area contributed by atoms with E-state index in [4.69, 9.17) is 34.9 Å². The van der Waals surface area contributed by atoms with E-state index in [1.165, 1.54) is 0 Å². The third-order valence-electron chi connectivity index (χ3n) is 2.63. The normalized spacial score (nSPS) is 12.8. The number of nitrogens with two attached hydrogens (primary N) is 1. The molecule has 0 atom stereocenters. The third kappa shape index (κ3) is 13.5. The van der Waals surface area contributed by atoms with Crippen LogP contribution in [0.3, 0.4) is 0 Å². The van der Waals surface area contributed by atoms with Crippen LogP contribution in [0.5, 0.6) is 0 Å². The lowest BCUT2D eigenvalue weighted by Crippen LogP contribution is -2.27. The van der Waals surface area contributed by atoms with Crippen LogP contribution in [0.1, 0.15) is 6.92 Å². The highest BCUT2D eigenvalue weighted by Gasteiger charge is 2.10. The monoisotopic (exact) mass is 349 g/mol. The molecule has 0 radical (unpaired) electrons. The molecule has 0 fully saturated rings. The Morgan fingerprint density at radius 1 is 0.833 bits per heavy atom. The van der Waals surface area contributed by atoms with Crippen molar-refractivity contribution in [2.75, 3.05) is 79.3 Å². The Kier molecular flexibility index (Phi) is 17.7. The van der Waals surface area contributed by atoms with E-state index in [0.29, 0.717) is 44.3 Å². The summed E-state index contributed by atoms with van der Waals surface area (Å²) >= 11 is 0. The second-order valence-corrected chi connectivity index (χ2v) is 4.51. The number of hydrogen-bond donors (Lipinski definition) is 3. The van der Waals surface area contributed by atoms with Crippen molar-refractivity contribution in [2.24, 2.45) is 15.7 Å². The van der Waals surface area contributed by atoms with Gasteiger partial charge in [0.25, 0.3) is 0 Å². The lowest BCUT2D eigenvalue weighted by molar-refractivity contribution is 0.113.